The van der Waals surface area contributed by atoms with Crippen molar-refractivity contribution in [3.8, 4) is 0 Å². The first-order chi connectivity index (χ1) is 7.05. The zero-order valence-electron chi connectivity index (χ0n) is 11.4. The van der Waals surface area contributed by atoms with Crippen LogP contribution in [0.25, 0.3) is 0 Å². The molecular weight excluding hydrogens is 220 g/mol. The van der Waals surface area contributed by atoms with Crippen molar-refractivity contribution in [2.24, 2.45) is 5.41 Å². The van der Waals surface area contributed by atoms with E-state index in [-0.39, 0.29) is 12.4 Å². The van der Waals surface area contributed by atoms with Crippen LogP contribution in [0.3, 0.4) is 0 Å². The van der Waals surface area contributed by atoms with Gasteiger partial charge in [-0.2, -0.15) is 0 Å². The maximum atomic E-state index is 3.43. The van der Waals surface area contributed by atoms with Crippen LogP contribution in [-0.2, 0) is 0 Å². The van der Waals surface area contributed by atoms with Crippen molar-refractivity contribution >= 4 is 12.4 Å². The molecule has 1 fully saturated rings. The van der Waals surface area contributed by atoms with Crippen LogP contribution in [-0.4, -0.2) is 37.6 Å². The third kappa shape index (κ3) is 5.51. The maximum Gasteiger partial charge on any atom is 0.0116 e. The van der Waals surface area contributed by atoms with E-state index < -0.39 is 0 Å². The Morgan fingerprint density at radius 3 is 2.31 bits per heavy atom. The molecule has 0 unspecified atom stereocenters. The first-order valence-electron chi connectivity index (χ1n) is 6.46. The van der Waals surface area contributed by atoms with Gasteiger partial charge in [-0.25, -0.2) is 0 Å². The van der Waals surface area contributed by atoms with Gasteiger partial charge >= 0.3 is 0 Å². The molecule has 0 aromatic heterocycles. The first kappa shape index (κ1) is 16.2. The largest absolute Gasteiger partial charge is 0.317 e. The molecule has 3 heteroatoms. The van der Waals surface area contributed by atoms with Crippen molar-refractivity contribution in [3.63, 3.8) is 0 Å². The zero-order valence-corrected chi connectivity index (χ0v) is 12.2. The smallest absolute Gasteiger partial charge is 0.0116 e. The fraction of sp³-hybridized carbons (Fsp3) is 1.00. The highest BCUT2D eigenvalue weighted by Gasteiger charge is 2.20. The summed E-state index contributed by atoms with van der Waals surface area (Å²) in [7, 11) is 2.29. The minimum atomic E-state index is 0. The zero-order chi connectivity index (χ0) is 11.3. The van der Waals surface area contributed by atoms with Gasteiger partial charge in [0.25, 0.3) is 0 Å². The number of nitrogens with zero attached hydrogens (tertiary/aromatic N) is 1. The predicted octanol–water partition coefficient (Wildman–Crippen LogP) is 2.92. The number of halogens is 1. The minimum absolute atomic E-state index is 0. The Hall–Kier alpha value is 0.210. The predicted molar refractivity (Wildman–Crippen MR) is 74.5 cm³/mol. The van der Waals surface area contributed by atoms with E-state index in [1.807, 2.05) is 0 Å². The second-order valence-corrected chi connectivity index (χ2v) is 5.73. The summed E-state index contributed by atoms with van der Waals surface area (Å²) in [4.78, 5) is 2.57. The van der Waals surface area contributed by atoms with Crippen molar-refractivity contribution in [3.05, 3.63) is 0 Å². The number of piperidine rings is 1. The Morgan fingerprint density at radius 2 is 1.81 bits per heavy atom. The summed E-state index contributed by atoms with van der Waals surface area (Å²) >= 11 is 0. The molecule has 2 nitrogen and oxygen atoms in total. The Labute approximate surface area is 108 Å². The van der Waals surface area contributed by atoms with Gasteiger partial charge in [0.05, 0.1) is 0 Å². The van der Waals surface area contributed by atoms with E-state index in [0.717, 1.165) is 6.04 Å². The summed E-state index contributed by atoms with van der Waals surface area (Å²) in [5.74, 6) is 0. The maximum absolute atomic E-state index is 3.43. The van der Waals surface area contributed by atoms with Crippen LogP contribution in [0.1, 0.15) is 46.5 Å². The average molecular weight is 249 g/mol. The van der Waals surface area contributed by atoms with Crippen LogP contribution in [0, 0.1) is 5.41 Å². The highest BCUT2D eigenvalue weighted by molar-refractivity contribution is 5.85. The van der Waals surface area contributed by atoms with Gasteiger partial charge in [0.15, 0.2) is 0 Å². The molecule has 98 valence electrons. The van der Waals surface area contributed by atoms with Crippen molar-refractivity contribution in [2.75, 3.05) is 26.7 Å². The molecule has 0 bridgehead atoms. The van der Waals surface area contributed by atoms with E-state index in [9.17, 15) is 0 Å². The lowest BCUT2D eigenvalue weighted by molar-refractivity contribution is 0.168. The average Bonchev–Trinajstić information content (AvgIpc) is 2.27. The molecule has 0 spiro atoms. The highest BCUT2D eigenvalue weighted by atomic mass is 35.5. The van der Waals surface area contributed by atoms with Crippen LogP contribution in [0.5, 0.6) is 0 Å². The fourth-order valence-electron chi connectivity index (χ4n) is 2.09. The fourth-order valence-corrected chi connectivity index (χ4v) is 2.09. The molecule has 0 amide bonds. The minimum Gasteiger partial charge on any atom is -0.317 e. The summed E-state index contributed by atoms with van der Waals surface area (Å²) < 4.78 is 0. The molecule has 0 aliphatic carbocycles. The Kier molecular flexibility index (Phi) is 7.62. The van der Waals surface area contributed by atoms with Crippen LogP contribution in [0.15, 0.2) is 0 Å². The summed E-state index contributed by atoms with van der Waals surface area (Å²) in [6.45, 7) is 10.7. The normalized spacial score (nSPS) is 18.6. The lowest BCUT2D eigenvalue weighted by Gasteiger charge is -2.34. The van der Waals surface area contributed by atoms with Gasteiger partial charge in [-0.05, 0) is 51.4 Å². The van der Waals surface area contributed by atoms with E-state index in [0.29, 0.717) is 5.41 Å². The highest BCUT2D eigenvalue weighted by Crippen LogP contribution is 2.25. The molecule has 1 heterocycles. The molecule has 0 radical (unpaired) electrons. The summed E-state index contributed by atoms with van der Waals surface area (Å²) in [6, 6.07) is 0.818. The quantitative estimate of drug-likeness (QED) is 0.805. The molecule has 1 N–H and O–H groups in total. The molecular formula is C13H29ClN2. The third-order valence-electron chi connectivity index (χ3n) is 4.03. The second kappa shape index (κ2) is 7.52. The lowest BCUT2D eigenvalue weighted by Crippen LogP contribution is -2.42. The van der Waals surface area contributed by atoms with Gasteiger partial charge in [-0.3, -0.25) is 0 Å². The molecule has 1 aliphatic rings. The van der Waals surface area contributed by atoms with Crippen molar-refractivity contribution in [2.45, 2.75) is 52.5 Å². The molecule has 16 heavy (non-hydrogen) atoms. The Bertz CT molecular complexity index is 177. The second-order valence-electron chi connectivity index (χ2n) is 5.73. The van der Waals surface area contributed by atoms with Gasteiger partial charge in [-0.15, -0.1) is 12.4 Å². The van der Waals surface area contributed by atoms with E-state index in [4.69, 9.17) is 0 Å². The molecule has 0 aromatic rings. The van der Waals surface area contributed by atoms with Gasteiger partial charge < -0.3 is 10.2 Å². The standard InChI is InChI=1S/C13H28N2.ClH/c1-5-13(2,3)8-11-15(4)12-6-9-14-10-7-12;/h12,14H,5-11H2,1-4H3;1H. The lowest BCUT2D eigenvalue weighted by atomic mass is 9.86. The summed E-state index contributed by atoms with van der Waals surface area (Å²) in [6.07, 6.45) is 5.25. The number of hydrogen-bond acceptors (Lipinski definition) is 2. The first-order valence-corrected chi connectivity index (χ1v) is 6.46. The van der Waals surface area contributed by atoms with Gasteiger partial charge in [0, 0.05) is 6.04 Å². The summed E-state index contributed by atoms with van der Waals surface area (Å²) in [5.41, 5.74) is 0.515. The van der Waals surface area contributed by atoms with Crippen LogP contribution < -0.4 is 5.32 Å². The van der Waals surface area contributed by atoms with Gasteiger partial charge in [0.1, 0.15) is 0 Å². The van der Waals surface area contributed by atoms with Crippen LogP contribution in [0.4, 0.5) is 0 Å². The van der Waals surface area contributed by atoms with Crippen molar-refractivity contribution in [1.29, 1.82) is 0 Å². The number of nitrogens with one attached hydrogen (secondary N) is 1. The molecule has 1 rings (SSSR count). The van der Waals surface area contributed by atoms with Crippen LogP contribution >= 0.6 is 12.4 Å². The van der Waals surface area contributed by atoms with Crippen molar-refractivity contribution < 1.29 is 0 Å². The molecule has 0 aromatic carbocycles. The van der Waals surface area contributed by atoms with E-state index in [1.54, 1.807) is 0 Å². The van der Waals surface area contributed by atoms with Gasteiger partial charge in [0.2, 0.25) is 0 Å². The van der Waals surface area contributed by atoms with E-state index in [2.05, 4.69) is 38.0 Å². The SMILES string of the molecule is CCC(C)(C)CCN(C)C1CCNCC1.Cl. The monoisotopic (exact) mass is 248 g/mol. The molecule has 1 saturated heterocycles. The van der Waals surface area contributed by atoms with Crippen LogP contribution in [0.2, 0.25) is 0 Å². The Morgan fingerprint density at radius 1 is 1.25 bits per heavy atom. The van der Waals surface area contributed by atoms with Gasteiger partial charge in [-0.1, -0.05) is 27.2 Å². The molecule has 0 atom stereocenters. The van der Waals surface area contributed by atoms with E-state index >= 15 is 0 Å². The number of rotatable bonds is 5. The Balaban J connectivity index is 0.00000225. The topological polar surface area (TPSA) is 15.3 Å². The summed E-state index contributed by atoms with van der Waals surface area (Å²) in [5, 5.41) is 3.43. The van der Waals surface area contributed by atoms with E-state index in [1.165, 1.54) is 45.3 Å². The molecule has 1 aliphatic heterocycles. The van der Waals surface area contributed by atoms with Crippen molar-refractivity contribution in [1.82, 2.24) is 10.2 Å². The molecule has 0 saturated carbocycles. The third-order valence-corrected chi connectivity index (χ3v) is 4.03. The number of hydrogen-bond donors (Lipinski definition) is 1.